The second kappa shape index (κ2) is 7.24. The van der Waals surface area contributed by atoms with Gasteiger partial charge in [0, 0.05) is 0 Å². The first kappa shape index (κ1) is 20.8. The number of carbonyl (C=O) groups is 2. The van der Waals surface area contributed by atoms with Crippen LogP contribution in [0.1, 0.15) is 20.7 Å². The SMILES string of the molecule is Nc1c(N)c(N)c(C(=O)SSC(=O)c2c(N)c(N)c(N)c(N)c2N)c(N)c1N. The fourth-order valence-corrected chi connectivity index (χ4v) is 4.01. The van der Waals surface area contributed by atoms with Crippen LogP contribution in [0.5, 0.6) is 0 Å². The third kappa shape index (κ3) is 3.14. The molecule has 0 amide bonds. The van der Waals surface area contributed by atoms with E-state index in [1.165, 1.54) is 0 Å². The summed E-state index contributed by atoms with van der Waals surface area (Å²) in [5.74, 6) is 0. The Labute approximate surface area is 167 Å². The van der Waals surface area contributed by atoms with Crippen molar-refractivity contribution in [2.24, 2.45) is 0 Å². The summed E-state index contributed by atoms with van der Waals surface area (Å²) in [6, 6.07) is 0. The summed E-state index contributed by atoms with van der Waals surface area (Å²) in [5.41, 5.74) is 56.3. The van der Waals surface area contributed by atoms with Gasteiger partial charge in [0.15, 0.2) is 0 Å². The molecular formula is C14H20N10O2S2. The molecule has 0 aromatic heterocycles. The van der Waals surface area contributed by atoms with Gasteiger partial charge in [0.05, 0.1) is 68.0 Å². The molecule has 0 unspecified atom stereocenters. The molecule has 0 saturated carbocycles. The standard InChI is InChI=1S/C14H20N10O2S2/c15-3-1(4(16)8(20)11(23)7(3)19)13(25)27-28-14(26)2-5(17)9(21)12(24)10(22)6(2)18/h15-24H2. The van der Waals surface area contributed by atoms with E-state index in [0.29, 0.717) is 21.6 Å². The Bertz CT molecular complexity index is 885. The topological polar surface area (TPSA) is 294 Å². The molecule has 0 heterocycles. The number of rotatable bonds is 2. The van der Waals surface area contributed by atoms with Crippen molar-refractivity contribution in [3.05, 3.63) is 11.1 Å². The van der Waals surface area contributed by atoms with Gasteiger partial charge in [0.1, 0.15) is 0 Å². The van der Waals surface area contributed by atoms with E-state index < -0.39 is 10.2 Å². The van der Waals surface area contributed by atoms with Crippen LogP contribution in [0.2, 0.25) is 0 Å². The van der Waals surface area contributed by atoms with Crippen LogP contribution in [0.15, 0.2) is 0 Å². The minimum atomic E-state index is -0.680. The van der Waals surface area contributed by atoms with Crippen molar-refractivity contribution in [1.82, 2.24) is 0 Å². The predicted molar refractivity (Wildman–Crippen MR) is 121 cm³/mol. The third-order valence-corrected chi connectivity index (χ3v) is 5.95. The Hall–Kier alpha value is -3.52. The van der Waals surface area contributed by atoms with Crippen molar-refractivity contribution in [2.75, 3.05) is 57.3 Å². The second-order valence-corrected chi connectivity index (χ2v) is 7.70. The van der Waals surface area contributed by atoms with Gasteiger partial charge in [-0.15, -0.1) is 0 Å². The second-order valence-electron chi connectivity index (χ2n) is 5.63. The fourth-order valence-electron chi connectivity index (χ4n) is 2.30. The molecule has 0 radical (unpaired) electrons. The molecule has 0 aliphatic carbocycles. The highest BCUT2D eigenvalue weighted by atomic mass is 33.1. The fraction of sp³-hybridized carbons (Fsp3) is 0. The van der Waals surface area contributed by atoms with E-state index in [1.54, 1.807) is 0 Å². The van der Waals surface area contributed by atoms with E-state index in [1.807, 2.05) is 0 Å². The summed E-state index contributed by atoms with van der Waals surface area (Å²) in [6.07, 6.45) is 0. The van der Waals surface area contributed by atoms with Gasteiger partial charge < -0.3 is 57.3 Å². The lowest BCUT2D eigenvalue weighted by atomic mass is 10.1. The number of carbonyl (C=O) groups excluding carboxylic acids is 2. The molecule has 0 saturated heterocycles. The minimum absolute atomic E-state index is 0.0337. The molecule has 150 valence electrons. The lowest BCUT2D eigenvalue weighted by Crippen LogP contribution is -2.14. The van der Waals surface area contributed by atoms with Crippen molar-refractivity contribution in [3.63, 3.8) is 0 Å². The highest BCUT2D eigenvalue weighted by molar-refractivity contribution is 8.87. The lowest BCUT2D eigenvalue weighted by Gasteiger charge is -2.16. The molecule has 28 heavy (non-hydrogen) atoms. The van der Waals surface area contributed by atoms with E-state index >= 15 is 0 Å². The van der Waals surface area contributed by atoms with Crippen molar-refractivity contribution in [3.8, 4) is 0 Å². The molecule has 2 rings (SSSR count). The maximum absolute atomic E-state index is 12.5. The van der Waals surface area contributed by atoms with Gasteiger partial charge in [-0.25, -0.2) is 0 Å². The Morgan fingerprint density at radius 2 is 0.571 bits per heavy atom. The predicted octanol–water partition coefficient (Wildman–Crippen LogP) is -0.129. The molecule has 14 heteroatoms. The molecule has 0 spiro atoms. The van der Waals surface area contributed by atoms with Crippen LogP contribution in [-0.4, -0.2) is 10.2 Å². The smallest absolute Gasteiger partial charge is 0.234 e. The summed E-state index contributed by atoms with van der Waals surface area (Å²) in [5, 5.41) is -1.36. The summed E-state index contributed by atoms with van der Waals surface area (Å²) in [4.78, 5) is 25.1. The van der Waals surface area contributed by atoms with E-state index in [0.717, 1.165) is 0 Å². The number of nitrogen functional groups attached to an aromatic ring is 10. The first-order valence-corrected chi connectivity index (χ1v) is 9.52. The molecule has 2 aromatic rings. The summed E-state index contributed by atoms with van der Waals surface area (Å²) < 4.78 is 0. The molecular weight excluding hydrogens is 404 g/mol. The van der Waals surface area contributed by atoms with Crippen molar-refractivity contribution in [1.29, 1.82) is 0 Å². The number of hydrogen-bond acceptors (Lipinski definition) is 14. The normalized spacial score (nSPS) is 10.7. The van der Waals surface area contributed by atoms with Crippen LogP contribution in [0.25, 0.3) is 0 Å². The molecule has 0 aliphatic heterocycles. The number of hydrogen-bond donors (Lipinski definition) is 10. The highest BCUT2D eigenvalue weighted by Crippen LogP contribution is 2.44. The molecule has 0 aliphatic rings. The van der Waals surface area contributed by atoms with Gasteiger partial charge in [-0.2, -0.15) is 0 Å². The molecule has 20 N–H and O–H groups in total. The first-order valence-electron chi connectivity index (χ1n) is 7.37. The first-order chi connectivity index (χ1) is 12.9. The number of anilines is 10. The zero-order chi connectivity index (χ0) is 21.5. The van der Waals surface area contributed by atoms with Gasteiger partial charge in [-0.3, -0.25) is 9.59 Å². The third-order valence-electron chi connectivity index (χ3n) is 4.00. The Kier molecular flexibility index (Phi) is 5.38. The van der Waals surface area contributed by atoms with Crippen LogP contribution < -0.4 is 57.3 Å². The van der Waals surface area contributed by atoms with Gasteiger partial charge in [-0.05, 0) is 21.6 Å². The molecule has 0 bridgehead atoms. The minimum Gasteiger partial charge on any atom is -0.396 e. The van der Waals surface area contributed by atoms with Crippen LogP contribution in [-0.2, 0) is 0 Å². The quantitative estimate of drug-likeness (QED) is 0.222. The Balaban J connectivity index is 2.34. The zero-order valence-corrected chi connectivity index (χ0v) is 16.0. The maximum atomic E-state index is 12.5. The van der Waals surface area contributed by atoms with Gasteiger partial charge >= 0.3 is 0 Å². The number of nitrogens with two attached hydrogens (primary N) is 10. The van der Waals surface area contributed by atoms with Crippen molar-refractivity contribution in [2.45, 2.75) is 0 Å². The van der Waals surface area contributed by atoms with Crippen LogP contribution >= 0.6 is 21.6 Å². The van der Waals surface area contributed by atoms with Gasteiger partial charge in [-0.1, -0.05) is 0 Å². The van der Waals surface area contributed by atoms with Gasteiger partial charge in [0.25, 0.3) is 0 Å². The van der Waals surface area contributed by atoms with Crippen LogP contribution in [0.3, 0.4) is 0 Å². The van der Waals surface area contributed by atoms with Crippen molar-refractivity contribution < 1.29 is 9.59 Å². The highest BCUT2D eigenvalue weighted by Gasteiger charge is 2.26. The van der Waals surface area contributed by atoms with Crippen LogP contribution in [0, 0.1) is 0 Å². The van der Waals surface area contributed by atoms with Crippen molar-refractivity contribution >= 4 is 88.7 Å². The summed E-state index contributed by atoms with van der Waals surface area (Å²) in [7, 11) is 1.02. The van der Waals surface area contributed by atoms with Crippen LogP contribution in [0.4, 0.5) is 56.9 Å². The maximum Gasteiger partial charge on any atom is 0.234 e. The molecule has 0 atom stereocenters. The van der Waals surface area contributed by atoms with E-state index in [-0.39, 0.29) is 68.0 Å². The summed E-state index contributed by atoms with van der Waals surface area (Å²) >= 11 is 0. The molecule has 12 nitrogen and oxygen atoms in total. The lowest BCUT2D eigenvalue weighted by molar-refractivity contribution is 0.108. The molecule has 0 fully saturated rings. The average Bonchev–Trinajstić information content (AvgIpc) is 2.66. The summed E-state index contributed by atoms with van der Waals surface area (Å²) in [6.45, 7) is 0. The van der Waals surface area contributed by atoms with E-state index in [9.17, 15) is 9.59 Å². The Morgan fingerprint density at radius 3 is 0.786 bits per heavy atom. The largest absolute Gasteiger partial charge is 0.396 e. The van der Waals surface area contributed by atoms with E-state index in [4.69, 9.17) is 57.3 Å². The zero-order valence-electron chi connectivity index (χ0n) is 14.4. The van der Waals surface area contributed by atoms with E-state index in [2.05, 4.69) is 0 Å². The molecule has 2 aromatic carbocycles. The average molecular weight is 425 g/mol. The number of benzene rings is 2. The van der Waals surface area contributed by atoms with Gasteiger partial charge in [0.2, 0.25) is 10.2 Å². The monoisotopic (exact) mass is 424 g/mol. The Morgan fingerprint density at radius 1 is 0.393 bits per heavy atom.